The van der Waals surface area contributed by atoms with E-state index in [0.29, 0.717) is 0 Å². The predicted molar refractivity (Wildman–Crippen MR) is 57.9 cm³/mol. The van der Waals surface area contributed by atoms with E-state index in [0.717, 1.165) is 0 Å². The van der Waals surface area contributed by atoms with Crippen molar-refractivity contribution >= 4 is 75.8 Å². The van der Waals surface area contributed by atoms with Gasteiger partial charge in [-0.05, 0) is 0 Å². The first-order valence-electron chi connectivity index (χ1n) is 3.02. The zero-order valence-electron chi connectivity index (χ0n) is 6.41. The average molecular weight is 325 g/mol. The van der Waals surface area contributed by atoms with E-state index in [1.54, 1.807) is 0 Å². The lowest BCUT2D eigenvalue weighted by atomic mass is 10.8. The van der Waals surface area contributed by atoms with E-state index < -0.39 is 15.2 Å². The van der Waals surface area contributed by atoms with Crippen LogP contribution in [0.2, 0.25) is 0 Å². The first-order chi connectivity index (χ1) is 6.22. The molecule has 0 aromatic carbocycles. The summed E-state index contributed by atoms with van der Waals surface area (Å²) in [6.45, 7) is 0. The van der Waals surface area contributed by atoms with E-state index in [9.17, 15) is 4.79 Å². The van der Waals surface area contributed by atoms with E-state index in [2.05, 4.69) is 9.47 Å². The van der Waals surface area contributed by atoms with Crippen LogP contribution >= 0.6 is 69.6 Å². The Kier molecular flexibility index (Phi) is 6.35. The average Bonchev–Trinajstić information content (AvgIpc) is 2.02. The van der Waals surface area contributed by atoms with Crippen LogP contribution in [0.4, 0.5) is 4.79 Å². The molecule has 0 aromatic heterocycles. The highest BCUT2D eigenvalue weighted by atomic mass is 35.5. The molecule has 0 aliphatic carbocycles. The van der Waals surface area contributed by atoms with Crippen molar-refractivity contribution in [1.29, 1.82) is 0 Å². The van der Waals surface area contributed by atoms with E-state index >= 15 is 0 Å². The van der Waals surface area contributed by atoms with Crippen molar-refractivity contribution in [3.05, 3.63) is 0 Å². The van der Waals surface area contributed by atoms with Crippen LogP contribution in [0, 0.1) is 0 Å². The van der Waals surface area contributed by atoms with Gasteiger partial charge in [-0.25, -0.2) is 4.79 Å². The number of carbonyl (C=O) groups excluding carboxylic acids is 1. The molecule has 0 heterocycles. The topological polar surface area (TPSA) is 35.5 Å². The Hall–Kier alpha value is 1.01. The number of hydrogen-bond donors (Lipinski definition) is 0. The van der Waals surface area contributed by atoms with Gasteiger partial charge in [0.2, 0.25) is 0 Å². The second kappa shape index (κ2) is 5.92. The molecule has 9 heteroatoms. The minimum Gasteiger partial charge on any atom is -0.396 e. The standard InChI is InChI=1S/C5H4Cl6O3/c6-1-4(8,9)13-3(12)14-5(10,11)2-7/h1-2H2. The molecule has 0 N–H and O–H groups in total. The fourth-order valence-electron chi connectivity index (χ4n) is 0.319. The highest BCUT2D eigenvalue weighted by Gasteiger charge is 2.34. The van der Waals surface area contributed by atoms with Gasteiger partial charge in [-0.2, -0.15) is 0 Å². The van der Waals surface area contributed by atoms with Crippen LogP contribution in [0.5, 0.6) is 0 Å². The van der Waals surface area contributed by atoms with Crippen LogP contribution in [0.25, 0.3) is 0 Å². The third-order valence-corrected chi connectivity index (χ3v) is 2.92. The molecule has 0 saturated carbocycles. The van der Waals surface area contributed by atoms with Gasteiger partial charge in [0.25, 0.3) is 9.04 Å². The van der Waals surface area contributed by atoms with Crippen LogP contribution < -0.4 is 0 Å². The second-order valence-corrected chi connectivity index (χ2v) is 5.36. The summed E-state index contributed by atoms with van der Waals surface area (Å²) in [6, 6.07) is 0. The minimum atomic E-state index is -1.89. The maximum atomic E-state index is 10.9. The van der Waals surface area contributed by atoms with Crippen molar-refractivity contribution in [3.63, 3.8) is 0 Å². The first kappa shape index (κ1) is 15.0. The molecule has 0 amide bonds. The number of rotatable bonds is 4. The highest BCUT2D eigenvalue weighted by Crippen LogP contribution is 2.29. The van der Waals surface area contributed by atoms with Crippen LogP contribution in [0.1, 0.15) is 0 Å². The van der Waals surface area contributed by atoms with Crippen molar-refractivity contribution in [1.82, 2.24) is 0 Å². The molecule has 3 nitrogen and oxygen atoms in total. The van der Waals surface area contributed by atoms with Gasteiger partial charge >= 0.3 is 6.16 Å². The molecular weight excluding hydrogens is 321 g/mol. The molecule has 0 saturated heterocycles. The molecule has 0 fully saturated rings. The van der Waals surface area contributed by atoms with Crippen molar-refractivity contribution in [2.75, 3.05) is 11.8 Å². The normalized spacial score (nSPS) is 12.4. The maximum Gasteiger partial charge on any atom is 0.513 e. The molecule has 0 aromatic rings. The quantitative estimate of drug-likeness (QED) is 0.581. The molecule has 0 radical (unpaired) electrons. The Morgan fingerprint density at radius 1 is 0.929 bits per heavy atom. The summed E-state index contributed by atoms with van der Waals surface area (Å²) in [7, 11) is 0. The van der Waals surface area contributed by atoms with Gasteiger partial charge in [0.05, 0.1) is 11.8 Å². The van der Waals surface area contributed by atoms with Crippen LogP contribution in [-0.2, 0) is 9.47 Å². The molecule has 14 heavy (non-hydrogen) atoms. The van der Waals surface area contributed by atoms with Crippen molar-refractivity contribution in [2.45, 2.75) is 9.04 Å². The number of carbonyl (C=O) groups is 1. The fourth-order valence-corrected chi connectivity index (χ4v) is 0.680. The van der Waals surface area contributed by atoms with Crippen molar-refractivity contribution in [3.8, 4) is 0 Å². The monoisotopic (exact) mass is 322 g/mol. The largest absolute Gasteiger partial charge is 0.513 e. The molecule has 0 atom stereocenters. The lowest BCUT2D eigenvalue weighted by Crippen LogP contribution is -2.30. The molecule has 0 spiro atoms. The third-order valence-electron chi connectivity index (χ3n) is 0.776. The lowest BCUT2D eigenvalue weighted by molar-refractivity contribution is 0.0260. The minimum absolute atomic E-state index is 0.344. The summed E-state index contributed by atoms with van der Waals surface area (Å²) in [5.41, 5.74) is 0. The summed E-state index contributed by atoms with van der Waals surface area (Å²) in [5, 5.41) is 0. The summed E-state index contributed by atoms with van der Waals surface area (Å²) in [4.78, 5) is 10.9. The molecule has 0 unspecified atom stereocenters. The first-order valence-corrected chi connectivity index (χ1v) is 5.60. The summed E-state index contributed by atoms with van der Waals surface area (Å²) in [5.74, 6) is -0.687. The Balaban J connectivity index is 4.12. The van der Waals surface area contributed by atoms with Gasteiger partial charge in [-0.1, -0.05) is 46.4 Å². The Morgan fingerprint density at radius 3 is 1.43 bits per heavy atom. The predicted octanol–water partition coefficient (Wildman–Crippen LogP) is 3.88. The highest BCUT2D eigenvalue weighted by molar-refractivity contribution is 6.51. The molecule has 0 bridgehead atoms. The van der Waals surface area contributed by atoms with E-state index in [1.807, 2.05) is 0 Å². The molecule has 0 rings (SSSR count). The SMILES string of the molecule is O=C(OC(Cl)(Cl)CCl)OC(Cl)(Cl)CCl. The molecule has 0 aliphatic rings. The van der Waals surface area contributed by atoms with Gasteiger partial charge in [0, 0.05) is 0 Å². The Morgan fingerprint density at radius 2 is 1.21 bits per heavy atom. The molecular formula is C5H4Cl6O3. The summed E-state index contributed by atoms with van der Waals surface area (Å²) >= 11 is 32.0. The van der Waals surface area contributed by atoms with Gasteiger partial charge in [-0.3, -0.25) is 0 Å². The smallest absolute Gasteiger partial charge is 0.396 e. The van der Waals surface area contributed by atoms with Crippen LogP contribution in [0.15, 0.2) is 0 Å². The van der Waals surface area contributed by atoms with Crippen LogP contribution in [0.3, 0.4) is 0 Å². The number of hydrogen-bond acceptors (Lipinski definition) is 3. The van der Waals surface area contributed by atoms with Crippen molar-refractivity contribution < 1.29 is 14.3 Å². The second-order valence-electron chi connectivity index (χ2n) is 2.00. The Labute approximate surface area is 110 Å². The van der Waals surface area contributed by atoms with Crippen LogP contribution in [-0.4, -0.2) is 27.0 Å². The van der Waals surface area contributed by atoms with E-state index in [1.165, 1.54) is 0 Å². The number of ether oxygens (including phenoxy) is 2. The van der Waals surface area contributed by atoms with Gasteiger partial charge < -0.3 is 9.47 Å². The maximum absolute atomic E-state index is 10.9. The van der Waals surface area contributed by atoms with E-state index in [4.69, 9.17) is 69.6 Å². The van der Waals surface area contributed by atoms with Gasteiger partial charge in [0.1, 0.15) is 0 Å². The molecule has 84 valence electrons. The van der Waals surface area contributed by atoms with E-state index in [-0.39, 0.29) is 11.8 Å². The number of alkyl halides is 6. The zero-order chi connectivity index (χ0) is 11.4. The fraction of sp³-hybridized carbons (Fsp3) is 0.800. The Bertz CT molecular complexity index is 186. The third kappa shape index (κ3) is 6.49. The molecule has 0 aliphatic heterocycles. The van der Waals surface area contributed by atoms with Gasteiger partial charge in [0.15, 0.2) is 0 Å². The van der Waals surface area contributed by atoms with Gasteiger partial charge in [-0.15, -0.1) is 23.2 Å². The lowest BCUT2D eigenvalue weighted by Gasteiger charge is -2.20. The van der Waals surface area contributed by atoms with Crippen molar-refractivity contribution in [2.24, 2.45) is 0 Å². The summed E-state index contributed by atoms with van der Waals surface area (Å²) < 4.78 is 4.88. The summed E-state index contributed by atoms with van der Waals surface area (Å²) in [6.07, 6.45) is -1.28. The zero-order valence-corrected chi connectivity index (χ0v) is 10.9. The number of halogens is 6.